The molecule has 0 saturated heterocycles. The van der Waals surface area contributed by atoms with E-state index in [0.29, 0.717) is 0 Å². The average Bonchev–Trinajstić information content (AvgIpc) is 2.47. The zero-order valence-electron chi connectivity index (χ0n) is 16.1. The van der Waals surface area contributed by atoms with Crippen molar-refractivity contribution < 1.29 is 9.90 Å². The van der Waals surface area contributed by atoms with Crippen LogP contribution in [0.1, 0.15) is 96.8 Å². The fourth-order valence-corrected chi connectivity index (χ4v) is 2.89. The third kappa shape index (κ3) is 22.4. The maximum absolute atomic E-state index is 10.5. The van der Waals surface area contributed by atoms with Gasteiger partial charge in [0.1, 0.15) is 0 Å². The molecule has 1 radical (unpaired) electrons. The Morgan fingerprint density at radius 2 is 1.09 bits per heavy atom. The molecule has 0 aliphatic carbocycles. The van der Waals surface area contributed by atoms with Crippen molar-refractivity contribution in [2.45, 2.75) is 96.8 Å². The normalized spacial score (nSPS) is 10.7. The Morgan fingerprint density at radius 3 is 1.43 bits per heavy atom. The van der Waals surface area contributed by atoms with Gasteiger partial charge in [0.05, 0.1) is 6.54 Å². The number of carbonyl (C=O) groups is 1. The minimum Gasteiger partial charge on any atom is -0.480 e. The van der Waals surface area contributed by atoms with E-state index >= 15 is 0 Å². The average molecular weight is 337 g/mol. The van der Waals surface area contributed by atoms with Crippen molar-refractivity contribution in [1.82, 2.24) is 4.90 Å². The van der Waals surface area contributed by atoms with Crippen LogP contribution in [0.15, 0.2) is 0 Å². The number of hydrogen-bond donors (Lipinski definition) is 1. The number of rotatable bonds is 17. The topological polar surface area (TPSA) is 40.5 Å². The summed E-state index contributed by atoms with van der Waals surface area (Å²) in [7, 11) is 1.89. The van der Waals surface area contributed by atoms with E-state index in [1.165, 1.54) is 83.5 Å². The second kappa shape index (κ2) is 20.5. The van der Waals surface area contributed by atoms with Gasteiger partial charge in [0.2, 0.25) is 0 Å². The van der Waals surface area contributed by atoms with Crippen LogP contribution in [0.5, 0.6) is 0 Å². The quantitative estimate of drug-likeness (QED) is 0.297. The van der Waals surface area contributed by atoms with Crippen molar-refractivity contribution in [2.75, 3.05) is 20.1 Å². The fourth-order valence-electron chi connectivity index (χ4n) is 2.89. The van der Waals surface area contributed by atoms with Crippen LogP contribution in [-0.2, 0) is 4.79 Å². The third-order valence-electron chi connectivity index (χ3n) is 4.30. The summed E-state index contributed by atoms with van der Waals surface area (Å²) in [6.45, 7) is 3.34. The standard InChI is InChI=1S/C19H39NO2.Na/c1-3-4-5-6-7-8-9-10-11-12-13-14-15-16-17-20(2)18-19(21)22;/h3-18H2,1-2H3,(H,21,22);. The molecule has 0 spiro atoms. The smallest absolute Gasteiger partial charge is 0.317 e. The summed E-state index contributed by atoms with van der Waals surface area (Å²) in [5.74, 6) is -0.729. The number of aliphatic carboxylic acids is 1. The van der Waals surface area contributed by atoms with Crippen LogP contribution in [0.4, 0.5) is 0 Å². The van der Waals surface area contributed by atoms with Gasteiger partial charge in [-0.2, -0.15) is 0 Å². The molecule has 0 unspecified atom stereocenters. The van der Waals surface area contributed by atoms with E-state index in [0.717, 1.165) is 13.0 Å². The number of likely N-dealkylation sites (N-methyl/N-ethyl adjacent to an activating group) is 1. The van der Waals surface area contributed by atoms with Crippen molar-refractivity contribution >= 4 is 35.5 Å². The predicted molar refractivity (Wildman–Crippen MR) is 101 cm³/mol. The molecule has 0 heterocycles. The van der Waals surface area contributed by atoms with Crippen molar-refractivity contribution in [3.8, 4) is 0 Å². The second-order valence-electron chi connectivity index (χ2n) is 6.73. The van der Waals surface area contributed by atoms with Gasteiger partial charge in [0.25, 0.3) is 0 Å². The molecule has 0 aromatic heterocycles. The predicted octanol–water partition coefficient (Wildman–Crippen LogP) is 5.10. The van der Waals surface area contributed by atoms with E-state index in [1.807, 2.05) is 11.9 Å². The van der Waals surface area contributed by atoms with Gasteiger partial charge >= 0.3 is 5.97 Å². The minimum atomic E-state index is -0.729. The Morgan fingerprint density at radius 1 is 0.739 bits per heavy atom. The molecular formula is C19H39NNaO2. The zero-order valence-corrected chi connectivity index (χ0v) is 18.1. The van der Waals surface area contributed by atoms with Gasteiger partial charge in [-0.1, -0.05) is 90.4 Å². The summed E-state index contributed by atoms with van der Waals surface area (Å²) in [4.78, 5) is 12.4. The Hall–Kier alpha value is 0.430. The number of carboxylic acids is 1. The van der Waals surface area contributed by atoms with Crippen molar-refractivity contribution in [3.05, 3.63) is 0 Å². The molecule has 0 aliphatic heterocycles. The van der Waals surface area contributed by atoms with Crippen molar-refractivity contribution in [2.24, 2.45) is 0 Å². The molecule has 1 N–H and O–H groups in total. The molecule has 0 amide bonds. The summed E-state index contributed by atoms with van der Waals surface area (Å²) in [6, 6.07) is 0. The largest absolute Gasteiger partial charge is 0.480 e. The zero-order chi connectivity index (χ0) is 16.5. The number of hydrogen-bond acceptors (Lipinski definition) is 2. The SMILES string of the molecule is CCCCCCCCCCCCCCCCN(C)CC(=O)O.[Na]. The second-order valence-corrected chi connectivity index (χ2v) is 6.73. The van der Waals surface area contributed by atoms with Gasteiger partial charge < -0.3 is 5.11 Å². The molecule has 4 heteroatoms. The van der Waals surface area contributed by atoms with Gasteiger partial charge in [-0.25, -0.2) is 0 Å². The summed E-state index contributed by atoms with van der Waals surface area (Å²) >= 11 is 0. The molecule has 0 bridgehead atoms. The van der Waals surface area contributed by atoms with Crippen LogP contribution >= 0.6 is 0 Å². The first-order valence-electron chi connectivity index (χ1n) is 9.57. The van der Waals surface area contributed by atoms with Gasteiger partial charge in [-0.05, 0) is 20.0 Å². The molecule has 0 aromatic rings. The number of nitrogens with zero attached hydrogens (tertiary/aromatic N) is 1. The maximum Gasteiger partial charge on any atom is 0.317 e. The number of unbranched alkanes of at least 4 members (excludes halogenated alkanes) is 13. The molecule has 0 rings (SSSR count). The molecule has 0 fully saturated rings. The minimum absolute atomic E-state index is 0. The summed E-state index contributed by atoms with van der Waals surface area (Å²) < 4.78 is 0. The van der Waals surface area contributed by atoms with Gasteiger partial charge in [-0.15, -0.1) is 0 Å². The Labute approximate surface area is 166 Å². The Kier molecular flexibility index (Phi) is 22.8. The van der Waals surface area contributed by atoms with Gasteiger partial charge in [0.15, 0.2) is 0 Å². The first-order chi connectivity index (χ1) is 10.7. The molecule has 133 valence electrons. The van der Waals surface area contributed by atoms with E-state index in [-0.39, 0.29) is 36.1 Å². The van der Waals surface area contributed by atoms with E-state index in [2.05, 4.69) is 6.92 Å². The summed E-state index contributed by atoms with van der Waals surface area (Å²) in [5, 5.41) is 8.66. The molecule has 0 saturated carbocycles. The van der Waals surface area contributed by atoms with Crippen LogP contribution in [-0.4, -0.2) is 65.7 Å². The maximum atomic E-state index is 10.5. The number of carboxylic acid groups (broad SMARTS) is 1. The van der Waals surface area contributed by atoms with Crippen molar-refractivity contribution in [3.63, 3.8) is 0 Å². The monoisotopic (exact) mass is 336 g/mol. The third-order valence-corrected chi connectivity index (χ3v) is 4.30. The summed E-state index contributed by atoms with van der Waals surface area (Å²) in [6.07, 6.45) is 19.1. The summed E-state index contributed by atoms with van der Waals surface area (Å²) in [5.41, 5.74) is 0. The van der Waals surface area contributed by atoms with Crippen LogP contribution in [0, 0.1) is 0 Å². The van der Waals surface area contributed by atoms with Gasteiger partial charge in [0, 0.05) is 29.6 Å². The molecule has 0 aliphatic rings. The van der Waals surface area contributed by atoms with E-state index < -0.39 is 5.97 Å². The van der Waals surface area contributed by atoms with E-state index in [9.17, 15) is 4.79 Å². The molecule has 0 atom stereocenters. The van der Waals surface area contributed by atoms with Crippen molar-refractivity contribution in [1.29, 1.82) is 0 Å². The van der Waals surface area contributed by atoms with Gasteiger partial charge in [-0.3, -0.25) is 9.69 Å². The Balaban J connectivity index is 0. The molecule has 3 nitrogen and oxygen atoms in total. The van der Waals surface area contributed by atoms with Crippen LogP contribution in [0.3, 0.4) is 0 Å². The van der Waals surface area contributed by atoms with Crippen LogP contribution in [0.2, 0.25) is 0 Å². The van der Waals surface area contributed by atoms with E-state index in [4.69, 9.17) is 5.11 Å². The van der Waals surface area contributed by atoms with Crippen LogP contribution < -0.4 is 0 Å². The first kappa shape index (κ1) is 25.7. The van der Waals surface area contributed by atoms with Crippen LogP contribution in [0.25, 0.3) is 0 Å². The molecular weight excluding hydrogens is 297 g/mol. The Bertz CT molecular complexity index is 250. The van der Waals surface area contributed by atoms with E-state index in [1.54, 1.807) is 0 Å². The molecule has 23 heavy (non-hydrogen) atoms. The molecule has 0 aromatic carbocycles. The first-order valence-corrected chi connectivity index (χ1v) is 9.57. The fraction of sp³-hybridized carbons (Fsp3) is 0.947.